The van der Waals surface area contributed by atoms with E-state index in [0.717, 1.165) is 16.8 Å². The highest BCUT2D eigenvalue weighted by molar-refractivity contribution is 5.85. The molecule has 26 heavy (non-hydrogen) atoms. The molecule has 0 bridgehead atoms. The van der Waals surface area contributed by atoms with E-state index in [1.807, 2.05) is 56.3 Å². The normalized spacial score (nSPS) is 11.7. The lowest BCUT2D eigenvalue weighted by atomic mass is 10.0. The van der Waals surface area contributed by atoms with Gasteiger partial charge in [0.2, 0.25) is 0 Å². The minimum Gasteiger partial charge on any atom is -0.453 e. The number of alkyl carbamates (subject to hydrolysis) is 1. The summed E-state index contributed by atoms with van der Waals surface area (Å²) >= 11 is 0. The summed E-state index contributed by atoms with van der Waals surface area (Å²) in [6, 6.07) is 13.0. The lowest BCUT2D eigenvalue weighted by Crippen LogP contribution is -2.53. The Morgan fingerprint density at radius 3 is 2.42 bits per heavy atom. The van der Waals surface area contributed by atoms with Gasteiger partial charge in [0.1, 0.15) is 6.04 Å². The molecule has 2 rings (SSSR count). The summed E-state index contributed by atoms with van der Waals surface area (Å²) in [6.45, 7) is 4.14. The quantitative estimate of drug-likeness (QED) is 0.662. The van der Waals surface area contributed by atoms with Crippen molar-refractivity contribution < 1.29 is 14.3 Å². The van der Waals surface area contributed by atoms with Crippen LogP contribution < -0.4 is 16.2 Å². The van der Waals surface area contributed by atoms with E-state index >= 15 is 0 Å². The van der Waals surface area contributed by atoms with Crippen LogP contribution in [0.25, 0.3) is 11.3 Å². The van der Waals surface area contributed by atoms with Crippen molar-refractivity contribution in [3.05, 3.63) is 54.2 Å². The average molecular weight is 356 g/mol. The lowest BCUT2D eigenvalue weighted by Gasteiger charge is -2.21. The molecule has 3 N–H and O–H groups in total. The number of hydrogen-bond donors (Lipinski definition) is 3. The summed E-state index contributed by atoms with van der Waals surface area (Å²) in [7, 11) is 1.26. The number of methoxy groups -OCH3 is 1. The number of carbonyl (C=O) groups is 2. The molecule has 0 radical (unpaired) electrons. The molecule has 1 aromatic heterocycles. The molecule has 0 spiro atoms. The van der Waals surface area contributed by atoms with Gasteiger partial charge in [0.25, 0.3) is 5.91 Å². The largest absolute Gasteiger partial charge is 0.453 e. The third-order valence-electron chi connectivity index (χ3n) is 3.83. The van der Waals surface area contributed by atoms with Crippen LogP contribution in [-0.2, 0) is 16.1 Å². The van der Waals surface area contributed by atoms with Crippen molar-refractivity contribution in [2.45, 2.75) is 26.4 Å². The minimum atomic E-state index is -0.679. The minimum absolute atomic E-state index is 0.0754. The van der Waals surface area contributed by atoms with Gasteiger partial charge in [-0.3, -0.25) is 15.2 Å². The number of hydrogen-bond acceptors (Lipinski definition) is 5. The maximum absolute atomic E-state index is 12.2. The molecule has 0 fully saturated rings. The first-order valence-corrected chi connectivity index (χ1v) is 8.38. The van der Waals surface area contributed by atoms with Crippen LogP contribution in [0.4, 0.5) is 4.79 Å². The fourth-order valence-electron chi connectivity index (χ4n) is 2.36. The number of amides is 2. The molecule has 138 valence electrons. The standard InChI is InChI=1S/C19H24N4O3/c1-13(2)17(22-19(25)26-3)18(24)23-21-12-14-7-9-15(10-8-14)16-6-4-5-11-20-16/h4-11,13,17,21H,12H2,1-3H3,(H,22,25)(H,23,24)/t17-/m0/s1. The van der Waals surface area contributed by atoms with E-state index < -0.39 is 12.1 Å². The third kappa shape index (κ3) is 5.56. The molecule has 0 saturated carbocycles. The van der Waals surface area contributed by atoms with E-state index in [9.17, 15) is 9.59 Å². The second-order valence-electron chi connectivity index (χ2n) is 6.11. The molecule has 1 aromatic carbocycles. The number of aromatic nitrogens is 1. The van der Waals surface area contributed by atoms with Crippen molar-refractivity contribution in [2.24, 2.45) is 5.92 Å². The van der Waals surface area contributed by atoms with Gasteiger partial charge in [0, 0.05) is 18.3 Å². The molecule has 1 atom stereocenters. The van der Waals surface area contributed by atoms with Gasteiger partial charge in [0.15, 0.2) is 0 Å². The van der Waals surface area contributed by atoms with E-state index in [0.29, 0.717) is 6.54 Å². The Morgan fingerprint density at radius 1 is 1.12 bits per heavy atom. The van der Waals surface area contributed by atoms with Gasteiger partial charge in [-0.25, -0.2) is 10.2 Å². The SMILES string of the molecule is COC(=O)N[C@H](C(=O)NNCc1ccc(-c2ccccn2)cc1)C(C)C. The average Bonchev–Trinajstić information content (AvgIpc) is 2.66. The first-order chi connectivity index (χ1) is 12.5. The Hall–Kier alpha value is -2.93. The van der Waals surface area contributed by atoms with Gasteiger partial charge in [-0.15, -0.1) is 0 Å². The van der Waals surface area contributed by atoms with Crippen molar-refractivity contribution >= 4 is 12.0 Å². The van der Waals surface area contributed by atoms with Crippen molar-refractivity contribution in [1.29, 1.82) is 0 Å². The molecule has 0 saturated heterocycles. The Bertz CT molecular complexity index is 717. The maximum Gasteiger partial charge on any atom is 0.407 e. The first kappa shape index (κ1) is 19.4. The maximum atomic E-state index is 12.2. The van der Waals surface area contributed by atoms with Crippen molar-refractivity contribution in [3.8, 4) is 11.3 Å². The summed E-state index contributed by atoms with van der Waals surface area (Å²) in [5.74, 6) is -0.399. The van der Waals surface area contributed by atoms with Crippen LogP contribution in [0.2, 0.25) is 0 Å². The summed E-state index contributed by atoms with van der Waals surface area (Å²) < 4.78 is 4.55. The van der Waals surface area contributed by atoms with Gasteiger partial charge in [0.05, 0.1) is 12.8 Å². The topological polar surface area (TPSA) is 92.3 Å². The number of pyridine rings is 1. The fraction of sp³-hybridized carbons (Fsp3) is 0.316. The highest BCUT2D eigenvalue weighted by atomic mass is 16.5. The Labute approximate surface area is 153 Å². The van der Waals surface area contributed by atoms with E-state index in [4.69, 9.17) is 0 Å². The number of carbonyl (C=O) groups excluding carboxylic acids is 2. The summed E-state index contributed by atoms with van der Waals surface area (Å²) in [5, 5.41) is 2.52. The van der Waals surface area contributed by atoms with Crippen LogP contribution in [0, 0.1) is 5.92 Å². The summed E-state index contributed by atoms with van der Waals surface area (Å²) in [6.07, 6.45) is 1.12. The number of ether oxygens (including phenoxy) is 1. The molecule has 0 unspecified atom stereocenters. The van der Waals surface area contributed by atoms with Crippen LogP contribution in [0.1, 0.15) is 19.4 Å². The Kier molecular flexibility index (Phi) is 7.11. The van der Waals surface area contributed by atoms with Gasteiger partial charge in [-0.1, -0.05) is 44.2 Å². The summed E-state index contributed by atoms with van der Waals surface area (Å²) in [4.78, 5) is 27.9. The van der Waals surface area contributed by atoms with E-state index in [1.54, 1.807) is 6.20 Å². The van der Waals surface area contributed by atoms with Crippen LogP contribution in [-0.4, -0.2) is 30.1 Å². The third-order valence-corrected chi connectivity index (χ3v) is 3.83. The number of nitrogens with one attached hydrogen (secondary N) is 3. The van der Waals surface area contributed by atoms with Crippen LogP contribution in [0.5, 0.6) is 0 Å². The molecule has 2 amide bonds. The van der Waals surface area contributed by atoms with Gasteiger partial charge in [-0.05, 0) is 23.6 Å². The predicted octanol–water partition coefficient (Wildman–Crippen LogP) is 2.25. The van der Waals surface area contributed by atoms with Crippen molar-refractivity contribution in [3.63, 3.8) is 0 Å². The number of rotatable bonds is 7. The molecule has 0 aliphatic rings. The van der Waals surface area contributed by atoms with Crippen LogP contribution in [0.3, 0.4) is 0 Å². The fourth-order valence-corrected chi connectivity index (χ4v) is 2.36. The highest BCUT2D eigenvalue weighted by Gasteiger charge is 2.24. The Balaban J connectivity index is 1.86. The molecule has 2 aromatic rings. The Morgan fingerprint density at radius 2 is 1.85 bits per heavy atom. The van der Waals surface area contributed by atoms with E-state index in [1.165, 1.54) is 7.11 Å². The van der Waals surface area contributed by atoms with Crippen LogP contribution >= 0.6 is 0 Å². The van der Waals surface area contributed by atoms with Crippen molar-refractivity contribution in [2.75, 3.05) is 7.11 Å². The lowest BCUT2D eigenvalue weighted by molar-refractivity contribution is -0.125. The van der Waals surface area contributed by atoms with Crippen molar-refractivity contribution in [1.82, 2.24) is 21.2 Å². The predicted molar refractivity (Wildman–Crippen MR) is 98.8 cm³/mol. The zero-order chi connectivity index (χ0) is 18.9. The molecular weight excluding hydrogens is 332 g/mol. The zero-order valence-corrected chi connectivity index (χ0v) is 15.2. The zero-order valence-electron chi connectivity index (χ0n) is 15.2. The number of nitrogens with zero attached hydrogens (tertiary/aromatic N) is 1. The monoisotopic (exact) mass is 356 g/mol. The molecular formula is C19H24N4O3. The number of benzene rings is 1. The summed E-state index contributed by atoms with van der Waals surface area (Å²) in [5.41, 5.74) is 8.44. The molecule has 7 nitrogen and oxygen atoms in total. The smallest absolute Gasteiger partial charge is 0.407 e. The van der Waals surface area contributed by atoms with E-state index in [-0.39, 0.29) is 11.8 Å². The van der Waals surface area contributed by atoms with Gasteiger partial charge >= 0.3 is 6.09 Å². The molecule has 1 heterocycles. The molecule has 0 aliphatic heterocycles. The second kappa shape index (κ2) is 9.53. The first-order valence-electron chi connectivity index (χ1n) is 8.38. The van der Waals surface area contributed by atoms with E-state index in [2.05, 4.69) is 25.9 Å². The van der Waals surface area contributed by atoms with Gasteiger partial charge in [-0.2, -0.15) is 0 Å². The molecule has 0 aliphatic carbocycles. The molecule has 7 heteroatoms. The number of hydrazine groups is 1. The second-order valence-corrected chi connectivity index (χ2v) is 6.11. The highest BCUT2D eigenvalue weighted by Crippen LogP contribution is 2.16. The van der Waals surface area contributed by atoms with Gasteiger partial charge < -0.3 is 10.1 Å². The van der Waals surface area contributed by atoms with Crippen LogP contribution in [0.15, 0.2) is 48.7 Å².